The van der Waals surface area contributed by atoms with Crippen LogP contribution < -0.4 is 10.2 Å². The van der Waals surface area contributed by atoms with E-state index in [2.05, 4.69) is 34.5 Å². The Labute approximate surface area is 157 Å². The van der Waals surface area contributed by atoms with Gasteiger partial charge >= 0.3 is 0 Å². The fraction of sp³-hybridized carbons (Fsp3) is 0.682. The van der Waals surface area contributed by atoms with E-state index >= 15 is 0 Å². The Balaban J connectivity index is 1.30. The summed E-state index contributed by atoms with van der Waals surface area (Å²) in [5.74, 6) is 2.95. The van der Waals surface area contributed by atoms with Crippen molar-refractivity contribution < 1.29 is 4.79 Å². The van der Waals surface area contributed by atoms with Gasteiger partial charge in [-0.3, -0.25) is 4.79 Å². The molecule has 4 aliphatic rings. The molecule has 5 rings (SSSR count). The smallest absolute Gasteiger partial charge is 0.236 e. The minimum Gasteiger partial charge on any atom is -0.378 e. The maximum atomic E-state index is 12.7. The number of anilines is 1. The van der Waals surface area contributed by atoms with Crippen molar-refractivity contribution in [2.75, 3.05) is 32.6 Å². The summed E-state index contributed by atoms with van der Waals surface area (Å²) in [6.07, 6.45) is 8.21. The molecule has 4 saturated carbocycles. The molecule has 4 heteroatoms. The fourth-order valence-electron chi connectivity index (χ4n) is 5.99. The average molecular weight is 356 g/mol. The molecule has 0 aliphatic heterocycles. The molecule has 26 heavy (non-hydrogen) atoms. The molecule has 142 valence electrons. The highest BCUT2D eigenvalue weighted by Gasteiger charge is 2.50. The summed E-state index contributed by atoms with van der Waals surface area (Å²) < 4.78 is 0. The monoisotopic (exact) mass is 355 g/mol. The van der Waals surface area contributed by atoms with Gasteiger partial charge in [0.15, 0.2) is 0 Å². The van der Waals surface area contributed by atoms with Crippen LogP contribution in [0.25, 0.3) is 0 Å². The summed E-state index contributed by atoms with van der Waals surface area (Å²) in [5.41, 5.74) is 2.63. The third-order valence-electron chi connectivity index (χ3n) is 6.95. The van der Waals surface area contributed by atoms with Gasteiger partial charge in [-0.25, -0.2) is 0 Å². The third-order valence-corrected chi connectivity index (χ3v) is 6.95. The van der Waals surface area contributed by atoms with Gasteiger partial charge in [-0.15, -0.1) is 0 Å². The van der Waals surface area contributed by atoms with E-state index in [9.17, 15) is 4.79 Å². The third kappa shape index (κ3) is 3.62. The van der Waals surface area contributed by atoms with Crippen LogP contribution in [0.5, 0.6) is 0 Å². The molecule has 1 N–H and O–H groups in total. The molecule has 4 aliphatic carbocycles. The molecule has 0 aromatic heterocycles. The molecule has 4 fully saturated rings. The Morgan fingerprint density at radius 1 is 1.00 bits per heavy atom. The quantitative estimate of drug-likeness (QED) is 0.851. The first-order chi connectivity index (χ1) is 12.4. The Hall–Kier alpha value is -1.55. The fourth-order valence-corrected chi connectivity index (χ4v) is 5.99. The van der Waals surface area contributed by atoms with Gasteiger partial charge < -0.3 is 15.1 Å². The molecule has 1 aromatic rings. The molecule has 1 amide bonds. The van der Waals surface area contributed by atoms with Crippen LogP contribution in [0.3, 0.4) is 0 Å². The summed E-state index contributed by atoms with van der Waals surface area (Å²) in [7, 11) is 6.01. The predicted molar refractivity (Wildman–Crippen MR) is 106 cm³/mol. The lowest BCUT2D eigenvalue weighted by atomic mass is 9.53. The average Bonchev–Trinajstić information content (AvgIpc) is 2.59. The number of hydrogen-bond donors (Lipinski definition) is 1. The van der Waals surface area contributed by atoms with Gasteiger partial charge in [0.05, 0.1) is 6.54 Å². The number of rotatable bonds is 6. The van der Waals surface area contributed by atoms with Crippen LogP contribution in [0, 0.1) is 17.8 Å². The lowest BCUT2D eigenvalue weighted by Crippen LogP contribution is -2.59. The molecule has 0 spiro atoms. The van der Waals surface area contributed by atoms with Crippen molar-refractivity contribution in [3.8, 4) is 0 Å². The molecule has 4 bridgehead atoms. The van der Waals surface area contributed by atoms with E-state index in [1.54, 1.807) is 0 Å². The first kappa shape index (κ1) is 17.8. The van der Waals surface area contributed by atoms with E-state index in [0.717, 1.165) is 17.8 Å². The van der Waals surface area contributed by atoms with Crippen LogP contribution in [0.2, 0.25) is 0 Å². The van der Waals surface area contributed by atoms with E-state index in [4.69, 9.17) is 0 Å². The number of carbonyl (C=O) groups excluding carboxylic acids is 1. The van der Waals surface area contributed by atoms with Gasteiger partial charge in [0.2, 0.25) is 5.91 Å². The lowest BCUT2D eigenvalue weighted by molar-refractivity contribution is -0.130. The summed E-state index contributed by atoms with van der Waals surface area (Å²) in [5, 5.41) is 3.72. The second kappa shape index (κ2) is 6.88. The molecule has 0 radical (unpaired) electrons. The summed E-state index contributed by atoms with van der Waals surface area (Å²) in [4.78, 5) is 16.6. The zero-order valence-electron chi connectivity index (χ0n) is 16.5. The van der Waals surface area contributed by atoms with Crippen LogP contribution in [0.4, 0.5) is 5.69 Å². The van der Waals surface area contributed by atoms with Crippen LogP contribution >= 0.6 is 0 Å². The van der Waals surface area contributed by atoms with Gasteiger partial charge in [-0.1, -0.05) is 12.1 Å². The Kier molecular flexibility index (Phi) is 4.72. The molecule has 0 saturated heterocycles. The van der Waals surface area contributed by atoms with Gasteiger partial charge in [0, 0.05) is 38.9 Å². The van der Waals surface area contributed by atoms with E-state index < -0.39 is 0 Å². The Bertz CT molecular complexity index is 617. The number of hydrogen-bond acceptors (Lipinski definition) is 3. The highest BCUT2D eigenvalue weighted by molar-refractivity contribution is 5.78. The topological polar surface area (TPSA) is 35.6 Å². The molecule has 4 nitrogen and oxygen atoms in total. The van der Waals surface area contributed by atoms with Crippen LogP contribution in [0.15, 0.2) is 24.3 Å². The first-order valence-corrected chi connectivity index (χ1v) is 10.2. The van der Waals surface area contributed by atoms with Gasteiger partial charge in [0.1, 0.15) is 0 Å². The van der Waals surface area contributed by atoms with Crippen molar-refractivity contribution in [2.45, 2.75) is 50.6 Å². The Morgan fingerprint density at radius 2 is 1.54 bits per heavy atom. The summed E-state index contributed by atoms with van der Waals surface area (Å²) >= 11 is 0. The van der Waals surface area contributed by atoms with Crippen molar-refractivity contribution in [1.29, 1.82) is 0 Å². The molecule has 0 unspecified atom stereocenters. The zero-order chi connectivity index (χ0) is 18.3. The summed E-state index contributed by atoms with van der Waals surface area (Å²) in [6, 6.07) is 8.46. The second-order valence-electron chi connectivity index (χ2n) is 9.36. The highest BCUT2D eigenvalue weighted by Crippen LogP contribution is 2.55. The van der Waals surface area contributed by atoms with Crippen molar-refractivity contribution in [2.24, 2.45) is 17.8 Å². The first-order valence-electron chi connectivity index (χ1n) is 10.2. The van der Waals surface area contributed by atoms with Crippen LogP contribution in [0.1, 0.15) is 44.1 Å². The standard InChI is InChI=1S/C22H33N3O/c1-24(2)20-6-4-16(5-7-20)15-25(3)21(26)14-23-22-11-17-8-18(12-22)10-19(9-17)13-22/h4-7,17-19,23H,8-15H2,1-3H3. The molecular formula is C22H33N3O. The van der Waals surface area contributed by atoms with Crippen molar-refractivity contribution in [1.82, 2.24) is 10.2 Å². The molecular weight excluding hydrogens is 322 g/mol. The van der Waals surface area contributed by atoms with E-state index in [0.29, 0.717) is 13.1 Å². The van der Waals surface area contributed by atoms with Gasteiger partial charge in [0.25, 0.3) is 0 Å². The van der Waals surface area contributed by atoms with Crippen molar-refractivity contribution >= 4 is 11.6 Å². The minimum absolute atomic E-state index is 0.206. The van der Waals surface area contributed by atoms with Gasteiger partial charge in [-0.2, -0.15) is 0 Å². The number of nitrogens with one attached hydrogen (secondary N) is 1. The zero-order valence-corrected chi connectivity index (χ0v) is 16.5. The number of nitrogens with zero attached hydrogens (tertiary/aromatic N) is 2. The molecule has 0 atom stereocenters. The minimum atomic E-state index is 0.206. The SMILES string of the molecule is CN(Cc1ccc(N(C)C)cc1)C(=O)CNC12CC3CC(CC(C3)C1)C2. The van der Waals surface area contributed by atoms with Crippen molar-refractivity contribution in [3.05, 3.63) is 29.8 Å². The number of likely N-dealkylation sites (N-methyl/N-ethyl adjacent to an activating group) is 1. The van der Waals surface area contributed by atoms with Gasteiger partial charge in [-0.05, 0) is 74.0 Å². The van der Waals surface area contributed by atoms with Crippen LogP contribution in [-0.2, 0) is 11.3 Å². The lowest BCUT2D eigenvalue weighted by Gasteiger charge is -2.57. The maximum absolute atomic E-state index is 12.7. The Morgan fingerprint density at radius 3 is 2.04 bits per heavy atom. The molecule has 0 heterocycles. The number of amides is 1. The van der Waals surface area contributed by atoms with E-state index in [1.165, 1.54) is 49.8 Å². The predicted octanol–water partition coefficient (Wildman–Crippen LogP) is 3.27. The maximum Gasteiger partial charge on any atom is 0.236 e. The second-order valence-corrected chi connectivity index (χ2v) is 9.36. The number of carbonyl (C=O) groups is 1. The number of benzene rings is 1. The van der Waals surface area contributed by atoms with E-state index in [-0.39, 0.29) is 11.4 Å². The summed E-state index contributed by atoms with van der Waals surface area (Å²) in [6.45, 7) is 1.16. The highest BCUT2D eigenvalue weighted by atomic mass is 16.2. The van der Waals surface area contributed by atoms with Crippen molar-refractivity contribution in [3.63, 3.8) is 0 Å². The van der Waals surface area contributed by atoms with E-state index in [1.807, 2.05) is 26.0 Å². The molecule has 1 aromatic carbocycles. The van der Waals surface area contributed by atoms with Crippen LogP contribution in [-0.4, -0.2) is 44.0 Å². The normalized spacial score (nSPS) is 31.9. The largest absolute Gasteiger partial charge is 0.378 e.